The average molecular weight is 812 g/mol. The molecule has 0 saturated heterocycles. The molecular formula is C44H50FN13O2. The van der Waals surface area contributed by atoms with Gasteiger partial charge in [-0.05, 0) is 95.1 Å². The Morgan fingerprint density at radius 2 is 1.38 bits per heavy atom. The fraction of sp³-hybridized carbons (Fsp3) is 0.341. The average Bonchev–Trinajstić information content (AvgIpc) is 3.96. The molecule has 2 aromatic carbocycles. The van der Waals surface area contributed by atoms with E-state index in [9.17, 15) is 4.39 Å². The summed E-state index contributed by atoms with van der Waals surface area (Å²) in [6.45, 7) is 6.17. The van der Waals surface area contributed by atoms with Crippen molar-refractivity contribution < 1.29 is 13.9 Å². The third-order valence-electron chi connectivity index (χ3n) is 10.6. The van der Waals surface area contributed by atoms with Crippen molar-refractivity contribution in [2.45, 2.75) is 46.2 Å². The zero-order chi connectivity index (χ0) is 42.1. The van der Waals surface area contributed by atoms with Crippen molar-refractivity contribution in [1.29, 1.82) is 0 Å². The first-order valence-electron chi connectivity index (χ1n) is 19.9. The molecular weight excluding hydrogens is 762 g/mol. The van der Waals surface area contributed by atoms with Crippen molar-refractivity contribution in [3.63, 3.8) is 0 Å². The molecule has 0 spiro atoms. The molecule has 16 heteroatoms. The third-order valence-corrected chi connectivity index (χ3v) is 10.6. The van der Waals surface area contributed by atoms with Crippen LogP contribution in [0, 0.1) is 19.7 Å². The maximum Gasteiger partial charge on any atom is 0.179 e. The molecule has 0 aliphatic rings. The molecule has 60 heavy (non-hydrogen) atoms. The van der Waals surface area contributed by atoms with Gasteiger partial charge in [-0.25, -0.2) is 4.39 Å². The van der Waals surface area contributed by atoms with E-state index in [0.29, 0.717) is 57.0 Å². The highest BCUT2D eigenvalue weighted by molar-refractivity contribution is 5.71. The van der Waals surface area contributed by atoms with Gasteiger partial charge in [-0.2, -0.15) is 10.2 Å². The number of hydrogen-bond donors (Lipinski definition) is 0. The maximum absolute atomic E-state index is 14.7. The number of fused-ring (bicyclic) bond motifs is 2. The summed E-state index contributed by atoms with van der Waals surface area (Å²) >= 11 is 0. The number of halogens is 1. The molecule has 0 bridgehead atoms. The highest BCUT2D eigenvalue weighted by Gasteiger charge is 2.18. The molecule has 0 unspecified atom stereocenters. The van der Waals surface area contributed by atoms with E-state index < -0.39 is 0 Å². The molecule has 0 atom stereocenters. The molecule has 0 radical (unpaired) electrons. The first-order chi connectivity index (χ1) is 28.9. The fourth-order valence-electron chi connectivity index (χ4n) is 7.58. The third kappa shape index (κ3) is 8.60. The second-order valence-electron chi connectivity index (χ2n) is 15.7. The summed E-state index contributed by atoms with van der Waals surface area (Å²) in [6.07, 6.45) is 9.56. The Balaban J connectivity index is 1.03. The minimum absolute atomic E-state index is 0.323. The second kappa shape index (κ2) is 17.0. The molecule has 0 amide bonds. The van der Waals surface area contributed by atoms with Crippen LogP contribution in [0.25, 0.3) is 33.7 Å². The predicted octanol–water partition coefficient (Wildman–Crippen LogP) is 5.68. The van der Waals surface area contributed by atoms with E-state index in [0.717, 1.165) is 73.6 Å². The zero-order valence-electron chi connectivity index (χ0n) is 35.4. The smallest absolute Gasteiger partial charge is 0.179 e. The number of nitrogens with zero attached hydrogens (tertiary/aromatic N) is 13. The first kappa shape index (κ1) is 40.3. The van der Waals surface area contributed by atoms with Crippen LogP contribution in [0.15, 0.2) is 73.3 Å². The number of pyridine rings is 1. The van der Waals surface area contributed by atoms with E-state index in [-0.39, 0.29) is 5.82 Å². The van der Waals surface area contributed by atoms with E-state index in [1.54, 1.807) is 12.3 Å². The molecule has 310 valence electrons. The van der Waals surface area contributed by atoms with Gasteiger partial charge < -0.3 is 19.3 Å². The van der Waals surface area contributed by atoms with Gasteiger partial charge in [-0.15, -0.1) is 20.4 Å². The minimum atomic E-state index is -0.368. The lowest BCUT2D eigenvalue weighted by Crippen LogP contribution is -2.13. The van der Waals surface area contributed by atoms with Crippen LogP contribution in [0.5, 0.6) is 11.5 Å². The Labute approximate surface area is 348 Å². The number of ether oxygens (including phenoxy) is 2. The number of hydrogen-bond acceptors (Lipinski definition) is 11. The Morgan fingerprint density at radius 1 is 0.700 bits per heavy atom. The molecule has 0 fully saturated rings. The van der Waals surface area contributed by atoms with Gasteiger partial charge >= 0.3 is 0 Å². The molecule has 6 heterocycles. The van der Waals surface area contributed by atoms with E-state index in [1.807, 2.05) is 103 Å². The van der Waals surface area contributed by atoms with Gasteiger partial charge in [0.15, 0.2) is 22.9 Å². The van der Waals surface area contributed by atoms with E-state index in [4.69, 9.17) is 19.6 Å². The standard InChI is InChI=1S/C44H50FN13O2/c1-28-34(29(2)56(8)51-28)16-18-60-39-20-30(9-12-36(39)38-25-58-42(22-46-38)48-50-44(58)27-54(5)6)19-37-32(23-55(7)52-37)15-17-59-40-21-33(45)11-13-35(40)31-10-14-41-47-49-43(26-53(3)4)57(41)24-31/h9-14,20-25H,15-19,26-27H2,1-8H3. The summed E-state index contributed by atoms with van der Waals surface area (Å²) in [4.78, 5) is 8.88. The summed E-state index contributed by atoms with van der Waals surface area (Å²) in [7, 11) is 11.9. The molecule has 0 aliphatic carbocycles. The van der Waals surface area contributed by atoms with Gasteiger partial charge in [0.2, 0.25) is 0 Å². The van der Waals surface area contributed by atoms with Crippen molar-refractivity contribution in [1.82, 2.24) is 63.5 Å². The van der Waals surface area contributed by atoms with Crippen LogP contribution in [-0.2, 0) is 46.4 Å². The minimum Gasteiger partial charge on any atom is -0.493 e. The zero-order valence-corrected chi connectivity index (χ0v) is 35.4. The molecule has 0 saturated carbocycles. The van der Waals surface area contributed by atoms with Gasteiger partial charge in [0.05, 0.1) is 49.6 Å². The van der Waals surface area contributed by atoms with Gasteiger partial charge in [0.1, 0.15) is 17.3 Å². The first-order valence-corrected chi connectivity index (χ1v) is 19.9. The number of aromatic nitrogens is 11. The van der Waals surface area contributed by atoms with Crippen molar-refractivity contribution in [2.24, 2.45) is 14.1 Å². The second-order valence-corrected chi connectivity index (χ2v) is 15.7. The lowest BCUT2D eigenvalue weighted by atomic mass is 10.0. The van der Waals surface area contributed by atoms with Crippen LogP contribution in [-0.4, -0.2) is 105 Å². The number of rotatable bonds is 16. The summed E-state index contributed by atoms with van der Waals surface area (Å²) in [5.41, 5.74) is 11.0. The Kier molecular flexibility index (Phi) is 11.4. The Hall–Kier alpha value is -6.52. The van der Waals surface area contributed by atoms with Crippen LogP contribution in [0.1, 0.15) is 45.4 Å². The van der Waals surface area contributed by atoms with Gasteiger partial charge in [0, 0.05) is 80.4 Å². The summed E-state index contributed by atoms with van der Waals surface area (Å²) < 4.78 is 35.3. The maximum atomic E-state index is 14.7. The lowest BCUT2D eigenvalue weighted by molar-refractivity contribution is 0.321. The topological polar surface area (TPSA) is 134 Å². The van der Waals surface area contributed by atoms with Crippen molar-refractivity contribution in [2.75, 3.05) is 41.4 Å². The quantitative estimate of drug-likeness (QED) is 0.119. The van der Waals surface area contributed by atoms with Crippen molar-refractivity contribution in [3.05, 3.63) is 125 Å². The monoisotopic (exact) mass is 811 g/mol. The molecule has 8 rings (SSSR count). The SMILES string of the molecule is Cc1nn(C)c(C)c1CCOc1cc(Cc2nn(C)cc2CCOc2cc(F)ccc2-c2ccc3nnc(CN(C)C)n3c2)ccc1-c1cn2c(CN(C)C)nnc2cn1. The molecule has 6 aromatic heterocycles. The van der Waals surface area contributed by atoms with E-state index >= 15 is 0 Å². The van der Waals surface area contributed by atoms with Crippen LogP contribution in [0.4, 0.5) is 4.39 Å². The molecule has 0 N–H and O–H groups in total. The highest BCUT2D eigenvalue weighted by Crippen LogP contribution is 2.33. The van der Waals surface area contributed by atoms with Gasteiger partial charge in [-0.3, -0.25) is 23.1 Å². The molecule has 8 aromatic rings. The van der Waals surface area contributed by atoms with Crippen LogP contribution in [0.3, 0.4) is 0 Å². The van der Waals surface area contributed by atoms with Gasteiger partial charge in [0.25, 0.3) is 0 Å². The molecule has 15 nitrogen and oxygen atoms in total. The highest BCUT2D eigenvalue weighted by atomic mass is 19.1. The van der Waals surface area contributed by atoms with Crippen LogP contribution >= 0.6 is 0 Å². The van der Waals surface area contributed by atoms with Crippen LogP contribution < -0.4 is 9.47 Å². The molecule has 0 aliphatic heterocycles. The Morgan fingerprint density at radius 3 is 2.10 bits per heavy atom. The normalized spacial score (nSPS) is 11.8. The predicted molar refractivity (Wildman–Crippen MR) is 226 cm³/mol. The van der Waals surface area contributed by atoms with E-state index in [1.165, 1.54) is 17.7 Å². The summed E-state index contributed by atoms with van der Waals surface area (Å²) in [5.74, 6) is 2.45. The van der Waals surface area contributed by atoms with E-state index in [2.05, 4.69) is 55.5 Å². The fourth-order valence-corrected chi connectivity index (χ4v) is 7.58. The number of benzene rings is 2. The van der Waals surface area contributed by atoms with Crippen molar-refractivity contribution in [3.8, 4) is 33.9 Å². The number of aryl methyl sites for hydroxylation is 3. The van der Waals surface area contributed by atoms with Crippen molar-refractivity contribution >= 4 is 11.3 Å². The largest absolute Gasteiger partial charge is 0.493 e. The summed E-state index contributed by atoms with van der Waals surface area (Å²) in [6, 6.07) is 14.8. The van der Waals surface area contributed by atoms with Crippen LogP contribution in [0.2, 0.25) is 0 Å². The lowest BCUT2D eigenvalue weighted by Gasteiger charge is -2.15. The Bertz CT molecular complexity index is 2800. The summed E-state index contributed by atoms with van der Waals surface area (Å²) in [5, 5.41) is 26.8. The van der Waals surface area contributed by atoms with Gasteiger partial charge in [-0.1, -0.05) is 6.07 Å².